The molecule has 2 aromatic carbocycles. The second-order valence-electron chi connectivity index (χ2n) is 7.03. The molecule has 168 valence electrons. The first-order valence-corrected chi connectivity index (χ1v) is 11.5. The fraction of sp³-hybridized carbons (Fsp3) is 0.227. The second-order valence-corrected chi connectivity index (χ2v) is 8.96. The number of ketones is 1. The molecule has 0 unspecified atom stereocenters. The average molecular weight is 457 g/mol. The van der Waals surface area contributed by atoms with Crippen molar-refractivity contribution < 1.29 is 22.8 Å². The molecule has 0 atom stereocenters. The largest absolute Gasteiger partial charge is 0.358 e. The number of hydrazine groups is 1. The Morgan fingerprint density at radius 1 is 0.969 bits per heavy atom. The Hall–Kier alpha value is -3.50. The second kappa shape index (κ2) is 9.33. The third-order valence-electron chi connectivity index (χ3n) is 5.06. The van der Waals surface area contributed by atoms with Gasteiger partial charge in [0.1, 0.15) is 0 Å². The zero-order chi connectivity index (χ0) is 23.5. The number of aromatic nitrogens is 1. The van der Waals surface area contributed by atoms with E-state index in [2.05, 4.69) is 15.8 Å². The van der Waals surface area contributed by atoms with Crippen molar-refractivity contribution in [2.24, 2.45) is 0 Å². The summed E-state index contributed by atoms with van der Waals surface area (Å²) >= 11 is 0. The predicted octanol–water partition coefficient (Wildman–Crippen LogP) is 2.15. The summed E-state index contributed by atoms with van der Waals surface area (Å²) < 4.78 is 26.6. The van der Waals surface area contributed by atoms with Crippen LogP contribution in [-0.4, -0.2) is 48.4 Å². The van der Waals surface area contributed by atoms with Crippen molar-refractivity contribution in [3.8, 4) is 0 Å². The molecule has 0 spiro atoms. The van der Waals surface area contributed by atoms with Gasteiger partial charge in [-0.2, -0.15) is 4.31 Å². The van der Waals surface area contributed by atoms with Crippen LogP contribution >= 0.6 is 0 Å². The van der Waals surface area contributed by atoms with E-state index in [0.29, 0.717) is 24.2 Å². The Morgan fingerprint density at radius 3 is 2.34 bits per heavy atom. The number of carbonyl (C=O) groups is 3. The molecule has 0 radical (unpaired) electrons. The van der Waals surface area contributed by atoms with Gasteiger partial charge in [0.2, 0.25) is 10.0 Å². The zero-order valence-corrected chi connectivity index (χ0v) is 18.7. The van der Waals surface area contributed by atoms with Crippen LogP contribution in [0.1, 0.15) is 40.3 Å². The number of amides is 2. The number of fused-ring (bicyclic) bond motifs is 1. The molecule has 2 amide bonds. The number of carbonyl (C=O) groups excluding carboxylic acids is 3. The van der Waals surface area contributed by atoms with E-state index in [4.69, 9.17) is 0 Å². The normalized spacial score (nSPS) is 11.5. The van der Waals surface area contributed by atoms with Crippen molar-refractivity contribution in [3.05, 3.63) is 65.4 Å². The van der Waals surface area contributed by atoms with Crippen LogP contribution in [0, 0.1) is 6.92 Å². The van der Waals surface area contributed by atoms with Crippen molar-refractivity contribution in [1.82, 2.24) is 20.1 Å². The number of rotatable bonds is 7. The van der Waals surface area contributed by atoms with Crippen LogP contribution in [0.25, 0.3) is 10.9 Å². The van der Waals surface area contributed by atoms with E-state index in [-0.39, 0.29) is 16.0 Å². The van der Waals surface area contributed by atoms with Crippen molar-refractivity contribution in [2.45, 2.75) is 25.7 Å². The van der Waals surface area contributed by atoms with Gasteiger partial charge >= 0.3 is 5.91 Å². The molecule has 1 heterocycles. The van der Waals surface area contributed by atoms with Gasteiger partial charge in [-0.1, -0.05) is 38.1 Å². The molecule has 1 aromatic heterocycles. The first-order chi connectivity index (χ1) is 15.2. The first kappa shape index (κ1) is 23.2. The molecule has 0 fully saturated rings. The number of para-hydroxylation sites is 1. The Balaban J connectivity index is 1.74. The summed E-state index contributed by atoms with van der Waals surface area (Å²) in [6, 6.07) is 12.5. The highest BCUT2D eigenvalue weighted by Gasteiger charge is 2.24. The predicted molar refractivity (Wildman–Crippen MR) is 120 cm³/mol. The number of nitrogens with zero attached hydrogens (tertiary/aromatic N) is 1. The summed E-state index contributed by atoms with van der Waals surface area (Å²) in [5.74, 6) is -2.57. The Labute approximate surface area is 185 Å². The summed E-state index contributed by atoms with van der Waals surface area (Å²) in [4.78, 5) is 40.5. The third kappa shape index (κ3) is 4.41. The van der Waals surface area contributed by atoms with E-state index in [1.807, 2.05) is 0 Å². The monoisotopic (exact) mass is 456 g/mol. The first-order valence-electron chi connectivity index (χ1n) is 10.0. The van der Waals surface area contributed by atoms with Crippen molar-refractivity contribution in [3.63, 3.8) is 0 Å². The van der Waals surface area contributed by atoms with Gasteiger partial charge in [-0.3, -0.25) is 25.2 Å². The molecule has 10 heteroatoms. The van der Waals surface area contributed by atoms with Gasteiger partial charge in [0.25, 0.3) is 11.7 Å². The number of hydrogen-bond donors (Lipinski definition) is 3. The van der Waals surface area contributed by atoms with Crippen LogP contribution < -0.4 is 10.9 Å². The highest BCUT2D eigenvalue weighted by molar-refractivity contribution is 7.89. The van der Waals surface area contributed by atoms with E-state index in [9.17, 15) is 22.8 Å². The topological polar surface area (TPSA) is 128 Å². The lowest BCUT2D eigenvalue weighted by Gasteiger charge is -2.18. The lowest BCUT2D eigenvalue weighted by Crippen LogP contribution is -2.45. The quantitative estimate of drug-likeness (QED) is 0.285. The van der Waals surface area contributed by atoms with Crippen LogP contribution in [0.2, 0.25) is 0 Å². The van der Waals surface area contributed by atoms with E-state index in [0.717, 1.165) is 5.52 Å². The lowest BCUT2D eigenvalue weighted by atomic mass is 10.1. The van der Waals surface area contributed by atoms with E-state index in [1.165, 1.54) is 28.6 Å². The van der Waals surface area contributed by atoms with Crippen LogP contribution in [-0.2, 0) is 14.8 Å². The highest BCUT2D eigenvalue weighted by Crippen LogP contribution is 2.22. The minimum absolute atomic E-state index is 0.0225. The smallest absolute Gasteiger partial charge is 0.310 e. The van der Waals surface area contributed by atoms with Gasteiger partial charge in [-0.05, 0) is 31.2 Å². The maximum atomic E-state index is 12.7. The Morgan fingerprint density at radius 2 is 1.66 bits per heavy atom. The number of Topliss-reactive ketones (excluding diaryl/α,β-unsaturated/α-hetero) is 1. The number of aromatic amines is 1. The van der Waals surface area contributed by atoms with E-state index in [1.54, 1.807) is 45.0 Å². The van der Waals surface area contributed by atoms with Gasteiger partial charge in [0.05, 0.1) is 10.5 Å². The molecule has 3 N–H and O–H groups in total. The number of nitrogens with one attached hydrogen (secondary N) is 3. The van der Waals surface area contributed by atoms with Crippen molar-refractivity contribution >= 4 is 38.5 Å². The van der Waals surface area contributed by atoms with Crippen LogP contribution in [0.15, 0.2) is 53.4 Å². The minimum atomic E-state index is -3.75. The summed E-state index contributed by atoms with van der Waals surface area (Å²) in [6.07, 6.45) is 0. The molecule has 9 nitrogen and oxygen atoms in total. The maximum Gasteiger partial charge on any atom is 0.310 e. The fourth-order valence-electron chi connectivity index (χ4n) is 3.44. The van der Waals surface area contributed by atoms with Crippen molar-refractivity contribution in [1.29, 1.82) is 0 Å². The molecular formula is C22H24N4O5S. The molecule has 0 bridgehead atoms. The summed E-state index contributed by atoms with van der Waals surface area (Å²) in [5.41, 5.74) is 5.77. The van der Waals surface area contributed by atoms with Crippen LogP contribution in [0.5, 0.6) is 0 Å². The Kier molecular flexibility index (Phi) is 6.75. The maximum absolute atomic E-state index is 12.7. The summed E-state index contributed by atoms with van der Waals surface area (Å²) in [7, 11) is -3.75. The molecule has 0 aliphatic carbocycles. The number of benzene rings is 2. The van der Waals surface area contributed by atoms with Gasteiger partial charge in [-0.25, -0.2) is 8.42 Å². The van der Waals surface area contributed by atoms with Gasteiger partial charge in [0, 0.05) is 35.2 Å². The van der Waals surface area contributed by atoms with Crippen molar-refractivity contribution in [2.75, 3.05) is 13.1 Å². The fourth-order valence-corrected chi connectivity index (χ4v) is 4.94. The number of H-pyrrole nitrogens is 1. The SMILES string of the molecule is CCN(CC)S(=O)(=O)c1cccc(C(=O)NNC(=O)C(=O)c2c(C)[nH]c3ccccc23)c1. The lowest BCUT2D eigenvalue weighted by molar-refractivity contribution is -0.117. The van der Waals surface area contributed by atoms with Crippen LogP contribution in [0.3, 0.4) is 0 Å². The molecule has 0 aliphatic rings. The van der Waals surface area contributed by atoms with Gasteiger partial charge < -0.3 is 4.98 Å². The zero-order valence-electron chi connectivity index (χ0n) is 17.9. The molecule has 32 heavy (non-hydrogen) atoms. The van der Waals surface area contributed by atoms with E-state index >= 15 is 0 Å². The third-order valence-corrected chi connectivity index (χ3v) is 7.10. The Bertz CT molecular complexity index is 1290. The number of sulfonamides is 1. The van der Waals surface area contributed by atoms with Gasteiger partial charge in [-0.15, -0.1) is 0 Å². The average Bonchev–Trinajstić information content (AvgIpc) is 3.13. The molecule has 0 aliphatic heterocycles. The van der Waals surface area contributed by atoms with Crippen LogP contribution in [0.4, 0.5) is 0 Å². The molecule has 0 saturated carbocycles. The van der Waals surface area contributed by atoms with Gasteiger partial charge in [0.15, 0.2) is 0 Å². The number of aryl methyl sites for hydroxylation is 1. The summed E-state index contributed by atoms with van der Waals surface area (Å²) in [6.45, 7) is 5.71. The minimum Gasteiger partial charge on any atom is -0.358 e. The molecular weight excluding hydrogens is 432 g/mol. The standard InChI is InChI=1S/C22H24N4O5S/c1-4-26(5-2)32(30,31)16-10-8-9-15(13-16)21(28)24-25-22(29)20(27)19-14(3)23-18-12-7-6-11-17(18)19/h6-13,23H,4-5H2,1-3H3,(H,24,28)(H,25,29). The molecule has 3 rings (SSSR count). The van der Waals surface area contributed by atoms with E-state index < -0.39 is 27.6 Å². The number of hydrogen-bond acceptors (Lipinski definition) is 5. The molecule has 0 saturated heterocycles. The highest BCUT2D eigenvalue weighted by atomic mass is 32.2. The summed E-state index contributed by atoms with van der Waals surface area (Å²) in [5, 5.41) is 0.603. The molecule has 3 aromatic rings.